The Morgan fingerprint density at radius 3 is 2.75 bits per heavy atom. The van der Waals surface area contributed by atoms with Gasteiger partial charge in [0.05, 0.1) is 16.3 Å². The van der Waals surface area contributed by atoms with Crippen molar-refractivity contribution >= 4 is 47.1 Å². The van der Waals surface area contributed by atoms with Crippen LogP contribution in [0.15, 0.2) is 53.5 Å². The fraction of sp³-hybridized carbons (Fsp3) is 0. The number of aromatic nitrogens is 1. The van der Waals surface area contributed by atoms with Gasteiger partial charge in [0.15, 0.2) is 3.95 Å². The van der Waals surface area contributed by atoms with E-state index < -0.39 is 0 Å². The SMILES string of the molecule is Oc1cccc(-n2c(O)c(/C=C3\C=Nc4ccccc43)sc2=S)c1. The Balaban J connectivity index is 1.83. The molecule has 4 rings (SSSR count). The van der Waals surface area contributed by atoms with E-state index in [-0.39, 0.29) is 11.6 Å². The van der Waals surface area contributed by atoms with Gasteiger partial charge in [-0.3, -0.25) is 9.56 Å². The molecule has 2 aromatic carbocycles. The van der Waals surface area contributed by atoms with E-state index in [1.165, 1.54) is 11.3 Å². The van der Waals surface area contributed by atoms with Gasteiger partial charge in [-0.25, -0.2) is 0 Å². The fourth-order valence-corrected chi connectivity index (χ4v) is 3.93. The lowest BCUT2D eigenvalue weighted by Crippen LogP contribution is -1.92. The highest BCUT2D eigenvalue weighted by Crippen LogP contribution is 2.37. The Morgan fingerprint density at radius 2 is 1.92 bits per heavy atom. The van der Waals surface area contributed by atoms with Crippen molar-refractivity contribution in [2.75, 3.05) is 0 Å². The van der Waals surface area contributed by atoms with Gasteiger partial charge >= 0.3 is 0 Å². The number of aromatic hydroxyl groups is 2. The number of rotatable bonds is 2. The van der Waals surface area contributed by atoms with Crippen molar-refractivity contribution in [3.8, 4) is 17.3 Å². The summed E-state index contributed by atoms with van der Waals surface area (Å²) < 4.78 is 2.05. The third kappa shape index (κ3) is 2.46. The third-order valence-corrected chi connectivity index (χ3v) is 5.05. The first-order chi connectivity index (χ1) is 11.6. The average molecular weight is 352 g/mol. The molecule has 0 aliphatic carbocycles. The number of benzene rings is 2. The molecule has 0 saturated heterocycles. The zero-order valence-electron chi connectivity index (χ0n) is 12.4. The summed E-state index contributed by atoms with van der Waals surface area (Å²) in [5.41, 5.74) is 3.50. The lowest BCUT2D eigenvalue weighted by Gasteiger charge is -2.05. The van der Waals surface area contributed by atoms with Crippen molar-refractivity contribution in [2.24, 2.45) is 4.99 Å². The minimum Gasteiger partial charge on any atom is -0.508 e. The van der Waals surface area contributed by atoms with Gasteiger partial charge in [-0.1, -0.05) is 24.3 Å². The highest BCUT2D eigenvalue weighted by atomic mass is 32.1. The highest BCUT2D eigenvalue weighted by molar-refractivity contribution is 7.73. The summed E-state index contributed by atoms with van der Waals surface area (Å²) in [6, 6.07) is 14.5. The second-order valence-corrected chi connectivity index (χ2v) is 6.96. The van der Waals surface area contributed by atoms with Crippen LogP contribution in [0.5, 0.6) is 11.6 Å². The summed E-state index contributed by atoms with van der Waals surface area (Å²) in [6.07, 6.45) is 3.66. The number of para-hydroxylation sites is 1. The molecule has 1 aromatic heterocycles. The monoisotopic (exact) mass is 352 g/mol. The van der Waals surface area contributed by atoms with Crippen LogP contribution in [0.2, 0.25) is 0 Å². The first kappa shape index (κ1) is 14.9. The van der Waals surface area contributed by atoms with E-state index in [0.717, 1.165) is 16.8 Å². The van der Waals surface area contributed by atoms with Gasteiger partial charge in [-0.2, -0.15) is 0 Å². The molecule has 1 aliphatic rings. The fourth-order valence-electron chi connectivity index (χ4n) is 2.63. The smallest absolute Gasteiger partial charge is 0.215 e. The lowest BCUT2D eigenvalue weighted by molar-refractivity contribution is 0.440. The second kappa shape index (κ2) is 5.74. The van der Waals surface area contributed by atoms with E-state index in [1.807, 2.05) is 30.3 Å². The van der Waals surface area contributed by atoms with E-state index >= 15 is 0 Å². The van der Waals surface area contributed by atoms with Crippen molar-refractivity contribution < 1.29 is 10.2 Å². The molecule has 0 spiro atoms. The number of thiazole rings is 1. The van der Waals surface area contributed by atoms with E-state index in [2.05, 4.69) is 4.99 Å². The van der Waals surface area contributed by atoms with Gasteiger partial charge in [-0.05, 0) is 36.5 Å². The van der Waals surface area contributed by atoms with Crippen LogP contribution < -0.4 is 0 Å². The zero-order valence-corrected chi connectivity index (χ0v) is 14.0. The lowest BCUT2D eigenvalue weighted by atomic mass is 10.1. The quantitative estimate of drug-likeness (QED) is 0.643. The Kier molecular flexibility index (Phi) is 3.55. The highest BCUT2D eigenvalue weighted by Gasteiger charge is 2.16. The predicted molar refractivity (Wildman–Crippen MR) is 100 cm³/mol. The molecule has 24 heavy (non-hydrogen) atoms. The molecule has 0 bridgehead atoms. The van der Waals surface area contributed by atoms with Crippen LogP contribution in [0.25, 0.3) is 17.3 Å². The van der Waals surface area contributed by atoms with Crippen LogP contribution >= 0.6 is 23.6 Å². The second-order valence-electron chi connectivity index (χ2n) is 5.29. The number of nitrogens with zero attached hydrogens (tertiary/aromatic N) is 2. The number of phenols is 1. The summed E-state index contributed by atoms with van der Waals surface area (Å²) in [7, 11) is 0. The molecule has 0 amide bonds. The van der Waals surface area contributed by atoms with Gasteiger partial charge in [-0.15, -0.1) is 11.3 Å². The normalized spacial score (nSPS) is 14.2. The summed E-state index contributed by atoms with van der Waals surface area (Å²) in [5, 5.41) is 20.2. The zero-order chi connectivity index (χ0) is 16.7. The Bertz CT molecular complexity index is 1060. The molecule has 2 heterocycles. The molecule has 3 aromatic rings. The molecule has 2 N–H and O–H groups in total. The van der Waals surface area contributed by atoms with Gasteiger partial charge in [0.2, 0.25) is 5.88 Å². The molecule has 0 saturated carbocycles. The van der Waals surface area contributed by atoms with Crippen molar-refractivity contribution in [2.45, 2.75) is 0 Å². The maximum absolute atomic E-state index is 10.6. The standard InChI is InChI=1S/C18H12N2O2S2/c21-13-5-3-4-12(9-13)20-17(22)16(24-18(20)23)8-11-10-19-15-7-2-1-6-14(11)15/h1-10,21-22H/b11-8+. The summed E-state index contributed by atoms with van der Waals surface area (Å²) in [6.45, 7) is 0. The number of hydrogen-bond acceptors (Lipinski definition) is 5. The minimum atomic E-state index is 0.0564. The third-order valence-electron chi connectivity index (χ3n) is 3.74. The molecule has 1 aliphatic heterocycles. The van der Waals surface area contributed by atoms with Crippen molar-refractivity contribution in [1.82, 2.24) is 4.57 Å². The average Bonchev–Trinajstić information content (AvgIpc) is 3.09. The number of allylic oxidation sites excluding steroid dienone is 1. The minimum absolute atomic E-state index is 0.0564. The van der Waals surface area contributed by atoms with Crippen LogP contribution in [0.1, 0.15) is 10.4 Å². The summed E-state index contributed by atoms with van der Waals surface area (Å²) in [5.74, 6) is 0.178. The maximum atomic E-state index is 10.6. The van der Waals surface area contributed by atoms with E-state index in [1.54, 1.807) is 35.0 Å². The van der Waals surface area contributed by atoms with E-state index in [0.29, 0.717) is 14.5 Å². The molecule has 118 valence electrons. The van der Waals surface area contributed by atoms with Gasteiger partial charge in [0, 0.05) is 23.4 Å². The predicted octanol–water partition coefficient (Wildman–Crippen LogP) is 4.94. The molecule has 0 unspecified atom stereocenters. The van der Waals surface area contributed by atoms with Crippen LogP contribution in [-0.4, -0.2) is 21.0 Å². The summed E-state index contributed by atoms with van der Waals surface area (Å²) >= 11 is 6.69. The Labute approximate surface area is 147 Å². The molecule has 0 fully saturated rings. The molecule has 0 radical (unpaired) electrons. The summed E-state index contributed by atoms with van der Waals surface area (Å²) in [4.78, 5) is 5.02. The van der Waals surface area contributed by atoms with E-state index in [4.69, 9.17) is 12.2 Å². The maximum Gasteiger partial charge on any atom is 0.215 e. The van der Waals surface area contributed by atoms with Crippen molar-refractivity contribution in [3.05, 3.63) is 62.9 Å². The van der Waals surface area contributed by atoms with Crippen LogP contribution in [-0.2, 0) is 0 Å². The number of aliphatic imine (C=N–C) groups is 1. The van der Waals surface area contributed by atoms with Gasteiger partial charge in [0.1, 0.15) is 5.75 Å². The number of phenolic OH excluding ortho intramolecular Hbond substituents is 1. The molecular formula is C18H12N2O2S2. The van der Waals surface area contributed by atoms with Crippen molar-refractivity contribution in [3.63, 3.8) is 0 Å². The topological polar surface area (TPSA) is 57.8 Å². The Morgan fingerprint density at radius 1 is 1.08 bits per heavy atom. The molecule has 6 heteroatoms. The van der Waals surface area contributed by atoms with Crippen molar-refractivity contribution in [1.29, 1.82) is 0 Å². The van der Waals surface area contributed by atoms with Crippen LogP contribution in [0.4, 0.5) is 5.69 Å². The first-order valence-corrected chi connectivity index (χ1v) is 8.45. The molecule has 0 atom stereocenters. The van der Waals surface area contributed by atoms with Gasteiger partial charge in [0.25, 0.3) is 0 Å². The van der Waals surface area contributed by atoms with Gasteiger partial charge < -0.3 is 10.2 Å². The van der Waals surface area contributed by atoms with Crippen LogP contribution in [0, 0.1) is 3.95 Å². The van der Waals surface area contributed by atoms with E-state index in [9.17, 15) is 10.2 Å². The first-order valence-electron chi connectivity index (χ1n) is 7.23. The molecule has 4 nitrogen and oxygen atoms in total. The van der Waals surface area contributed by atoms with Crippen LogP contribution in [0.3, 0.4) is 0 Å². The number of hydrogen-bond donors (Lipinski definition) is 2. The Hall–Kier alpha value is -2.70. The largest absolute Gasteiger partial charge is 0.508 e. The number of fused-ring (bicyclic) bond motifs is 1. The molecular weight excluding hydrogens is 340 g/mol.